The molecule has 0 aliphatic heterocycles. The van der Waals surface area contributed by atoms with Crippen LogP contribution in [-0.4, -0.2) is 66.4 Å². The van der Waals surface area contributed by atoms with E-state index in [1.807, 2.05) is 0 Å². The zero-order valence-corrected chi connectivity index (χ0v) is 15.8. The van der Waals surface area contributed by atoms with Gasteiger partial charge in [-0.2, -0.15) is 0 Å². The van der Waals surface area contributed by atoms with Gasteiger partial charge in [0.2, 0.25) is 11.8 Å². The summed E-state index contributed by atoms with van der Waals surface area (Å²) in [6, 6.07) is -3.04. The van der Waals surface area contributed by atoms with E-state index in [4.69, 9.17) is 28.0 Å². The number of guanidine groups is 1. The second-order valence-corrected chi connectivity index (χ2v) is 6.25. The number of carboxylic acids is 1. The van der Waals surface area contributed by atoms with Crippen molar-refractivity contribution >= 4 is 30.0 Å². The van der Waals surface area contributed by atoms with Crippen molar-refractivity contribution in [3.63, 3.8) is 0 Å². The molecule has 28 heavy (non-hydrogen) atoms. The number of carbonyl (C=O) groups is 4. The highest BCUT2D eigenvalue weighted by Crippen LogP contribution is 2.03. The first-order chi connectivity index (χ1) is 13.2. The molecule has 12 heteroatoms. The van der Waals surface area contributed by atoms with Crippen molar-refractivity contribution in [2.45, 2.75) is 56.7 Å². The molecular formula is C16H31N7O5. The number of unbranched alkanes of at least 4 members (excludes halogenated alkanes) is 1. The molecule has 0 aliphatic carbocycles. The van der Waals surface area contributed by atoms with Crippen LogP contribution >= 0.6 is 0 Å². The minimum Gasteiger partial charge on any atom is -0.481 e. The summed E-state index contributed by atoms with van der Waals surface area (Å²) in [7, 11) is 0. The lowest BCUT2D eigenvalue weighted by Gasteiger charge is -2.22. The number of nitrogens with zero attached hydrogens (tertiary/aromatic N) is 1. The fourth-order valence-corrected chi connectivity index (χ4v) is 2.30. The van der Waals surface area contributed by atoms with Gasteiger partial charge in [-0.05, 0) is 32.2 Å². The van der Waals surface area contributed by atoms with Gasteiger partial charge in [0.15, 0.2) is 5.96 Å². The van der Waals surface area contributed by atoms with Gasteiger partial charge < -0.3 is 43.5 Å². The van der Waals surface area contributed by atoms with E-state index < -0.39 is 42.3 Å². The molecular weight excluding hydrogens is 370 g/mol. The molecule has 0 aromatic heterocycles. The van der Waals surface area contributed by atoms with E-state index in [1.165, 1.54) is 0 Å². The lowest BCUT2D eigenvalue weighted by atomic mass is 10.1. The first kappa shape index (κ1) is 25.3. The lowest BCUT2D eigenvalue weighted by Crippen LogP contribution is -2.53. The summed E-state index contributed by atoms with van der Waals surface area (Å²) < 4.78 is 0. The zero-order valence-electron chi connectivity index (χ0n) is 15.8. The average molecular weight is 401 g/mol. The van der Waals surface area contributed by atoms with Crippen molar-refractivity contribution < 1.29 is 24.3 Å². The summed E-state index contributed by atoms with van der Waals surface area (Å²) in [5.41, 5.74) is 21.7. The molecule has 0 unspecified atom stereocenters. The largest absolute Gasteiger partial charge is 0.481 e. The molecule has 2 amide bonds. The summed E-state index contributed by atoms with van der Waals surface area (Å²) >= 11 is 0. The normalized spacial score (nSPS) is 13.6. The van der Waals surface area contributed by atoms with Crippen LogP contribution in [-0.2, 0) is 19.2 Å². The first-order valence-electron chi connectivity index (χ1n) is 9.00. The molecule has 0 aliphatic rings. The second-order valence-electron chi connectivity index (χ2n) is 6.25. The van der Waals surface area contributed by atoms with E-state index in [9.17, 15) is 19.2 Å². The van der Waals surface area contributed by atoms with E-state index in [1.54, 1.807) is 0 Å². The molecule has 0 spiro atoms. The molecule has 0 saturated heterocycles. The minimum absolute atomic E-state index is 0.102. The number of amides is 2. The summed E-state index contributed by atoms with van der Waals surface area (Å²) in [4.78, 5) is 50.2. The zero-order chi connectivity index (χ0) is 21.5. The highest BCUT2D eigenvalue weighted by atomic mass is 16.4. The van der Waals surface area contributed by atoms with Crippen LogP contribution in [0.3, 0.4) is 0 Å². The van der Waals surface area contributed by atoms with Gasteiger partial charge in [-0.3, -0.25) is 19.4 Å². The Labute approximate surface area is 163 Å². The summed E-state index contributed by atoms with van der Waals surface area (Å²) in [5.74, 6) is -2.56. The van der Waals surface area contributed by atoms with Crippen LogP contribution in [0.4, 0.5) is 0 Å². The standard InChI is InChI=1S/C16H31N7O5/c17-6-2-1-4-11(18)14(27)23-12(5-3-7-21-16(19)20)15(28)22-10(9-24)8-13(25)26/h9-12H,1-8,17-18H2,(H,22,28)(H,23,27)(H,25,26)(H4,19,20,21)/t10-,11-,12-/m0/s1. The molecule has 0 heterocycles. The number of nitrogens with two attached hydrogens (primary N) is 4. The number of hydrogen-bond acceptors (Lipinski definition) is 7. The third-order valence-electron chi connectivity index (χ3n) is 3.77. The van der Waals surface area contributed by atoms with Gasteiger partial charge in [-0.15, -0.1) is 0 Å². The number of aliphatic carboxylic acids is 1. The molecule has 3 atom stereocenters. The monoisotopic (exact) mass is 401 g/mol. The topological polar surface area (TPSA) is 229 Å². The van der Waals surface area contributed by atoms with Crippen molar-refractivity contribution in [2.24, 2.45) is 27.9 Å². The van der Waals surface area contributed by atoms with Crippen molar-refractivity contribution in [1.29, 1.82) is 0 Å². The van der Waals surface area contributed by atoms with Crippen molar-refractivity contribution in [1.82, 2.24) is 10.6 Å². The van der Waals surface area contributed by atoms with Crippen LogP contribution in [0.2, 0.25) is 0 Å². The van der Waals surface area contributed by atoms with E-state index in [2.05, 4.69) is 15.6 Å². The fraction of sp³-hybridized carbons (Fsp3) is 0.688. The number of aliphatic imine (C=N–C) groups is 1. The van der Waals surface area contributed by atoms with Gasteiger partial charge in [0, 0.05) is 6.54 Å². The van der Waals surface area contributed by atoms with Crippen LogP contribution in [0.1, 0.15) is 38.5 Å². The predicted octanol–water partition coefficient (Wildman–Crippen LogP) is -2.86. The average Bonchev–Trinajstić information content (AvgIpc) is 2.62. The number of rotatable bonds is 15. The Balaban J connectivity index is 4.94. The number of nitrogens with one attached hydrogen (secondary N) is 2. The molecule has 0 saturated carbocycles. The molecule has 0 bridgehead atoms. The molecule has 12 nitrogen and oxygen atoms in total. The van der Waals surface area contributed by atoms with E-state index in [-0.39, 0.29) is 18.9 Å². The van der Waals surface area contributed by atoms with Crippen LogP contribution in [0.15, 0.2) is 4.99 Å². The molecule has 0 radical (unpaired) electrons. The maximum Gasteiger partial charge on any atom is 0.305 e. The van der Waals surface area contributed by atoms with Crippen LogP contribution in [0.25, 0.3) is 0 Å². The quantitative estimate of drug-likeness (QED) is 0.0646. The molecule has 0 aromatic rings. The Hall–Kier alpha value is -2.73. The summed E-state index contributed by atoms with van der Waals surface area (Å²) in [6.07, 6.45) is 2.08. The minimum atomic E-state index is -1.24. The van der Waals surface area contributed by atoms with Crippen molar-refractivity contribution in [2.75, 3.05) is 13.1 Å². The number of carboxylic acid groups (broad SMARTS) is 1. The maximum absolute atomic E-state index is 12.4. The Kier molecular flexibility index (Phi) is 12.9. The van der Waals surface area contributed by atoms with Gasteiger partial charge in [0.1, 0.15) is 12.3 Å². The van der Waals surface area contributed by atoms with Gasteiger partial charge in [0.05, 0.1) is 18.5 Å². The second kappa shape index (κ2) is 14.3. The fourth-order valence-electron chi connectivity index (χ4n) is 2.30. The van der Waals surface area contributed by atoms with Crippen LogP contribution in [0, 0.1) is 0 Å². The third-order valence-corrected chi connectivity index (χ3v) is 3.77. The first-order valence-corrected chi connectivity index (χ1v) is 9.00. The smallest absolute Gasteiger partial charge is 0.305 e. The molecule has 0 fully saturated rings. The molecule has 11 N–H and O–H groups in total. The van der Waals surface area contributed by atoms with Crippen molar-refractivity contribution in [3.05, 3.63) is 0 Å². The van der Waals surface area contributed by atoms with E-state index in [0.717, 1.165) is 6.42 Å². The Morgan fingerprint density at radius 1 is 1.04 bits per heavy atom. The molecule has 0 aromatic carbocycles. The van der Waals surface area contributed by atoms with Gasteiger partial charge in [0.25, 0.3) is 0 Å². The van der Waals surface area contributed by atoms with Crippen molar-refractivity contribution in [3.8, 4) is 0 Å². The summed E-state index contributed by atoms with van der Waals surface area (Å²) in [6.45, 7) is 0.720. The third kappa shape index (κ3) is 11.8. The van der Waals surface area contributed by atoms with E-state index in [0.29, 0.717) is 32.1 Å². The summed E-state index contributed by atoms with van der Waals surface area (Å²) in [5, 5.41) is 13.6. The SMILES string of the molecule is NCCCC[C@H](N)C(=O)N[C@@H](CCCN=C(N)N)C(=O)N[C@H](C=O)CC(=O)O. The van der Waals surface area contributed by atoms with E-state index >= 15 is 0 Å². The Morgan fingerprint density at radius 3 is 2.25 bits per heavy atom. The number of hydrogen-bond donors (Lipinski definition) is 7. The predicted molar refractivity (Wildman–Crippen MR) is 103 cm³/mol. The molecule has 0 rings (SSSR count). The number of aldehydes is 1. The number of carbonyl (C=O) groups excluding carboxylic acids is 3. The Bertz CT molecular complexity index is 552. The van der Waals surface area contributed by atoms with Crippen LogP contribution < -0.4 is 33.6 Å². The highest BCUT2D eigenvalue weighted by Gasteiger charge is 2.25. The van der Waals surface area contributed by atoms with Crippen LogP contribution in [0.5, 0.6) is 0 Å². The van der Waals surface area contributed by atoms with Gasteiger partial charge in [-0.25, -0.2) is 0 Å². The van der Waals surface area contributed by atoms with Gasteiger partial charge in [-0.1, -0.05) is 6.42 Å². The highest BCUT2D eigenvalue weighted by molar-refractivity contribution is 5.91. The molecule has 160 valence electrons. The Morgan fingerprint density at radius 2 is 1.71 bits per heavy atom. The van der Waals surface area contributed by atoms with Gasteiger partial charge >= 0.3 is 5.97 Å². The maximum atomic E-state index is 12.4. The lowest BCUT2D eigenvalue weighted by molar-refractivity contribution is -0.139.